The van der Waals surface area contributed by atoms with Crippen LogP contribution >= 0.6 is 0 Å². The van der Waals surface area contributed by atoms with Gasteiger partial charge in [-0.25, -0.2) is 0 Å². The van der Waals surface area contributed by atoms with Crippen LogP contribution in [0.2, 0.25) is 0 Å². The Kier molecular flexibility index (Phi) is 4.93. The number of fused-ring (bicyclic) bond motifs is 1. The molecule has 1 saturated heterocycles. The highest BCUT2D eigenvalue weighted by Gasteiger charge is 2.31. The van der Waals surface area contributed by atoms with E-state index in [1.807, 2.05) is 23.1 Å². The van der Waals surface area contributed by atoms with E-state index in [1.54, 1.807) is 0 Å². The molecular formula is C22H20N2O4. The van der Waals surface area contributed by atoms with Crippen LogP contribution in [0.4, 0.5) is 5.69 Å². The zero-order valence-corrected chi connectivity index (χ0v) is 15.3. The highest BCUT2D eigenvalue weighted by atomic mass is 16.6. The number of hydrogen-bond donors (Lipinski definition) is 0. The van der Waals surface area contributed by atoms with Gasteiger partial charge in [-0.05, 0) is 41.3 Å². The summed E-state index contributed by atoms with van der Waals surface area (Å²) in [5.41, 5.74) is 1.16. The van der Waals surface area contributed by atoms with Gasteiger partial charge in [0.15, 0.2) is 6.61 Å². The molecule has 3 aromatic carbocycles. The number of nitro benzene ring substituents is 1. The Hall–Kier alpha value is -3.41. The molecule has 1 aliphatic heterocycles. The molecule has 0 saturated carbocycles. The Balaban J connectivity index is 1.48. The summed E-state index contributed by atoms with van der Waals surface area (Å²) < 4.78 is 5.57. The zero-order chi connectivity index (χ0) is 19.5. The number of carbonyl (C=O) groups is 1. The van der Waals surface area contributed by atoms with Crippen LogP contribution in [0.15, 0.2) is 66.7 Å². The quantitative estimate of drug-likeness (QED) is 0.486. The molecule has 1 fully saturated rings. The first-order valence-electron chi connectivity index (χ1n) is 9.28. The van der Waals surface area contributed by atoms with Crippen LogP contribution in [0.25, 0.3) is 10.8 Å². The second kappa shape index (κ2) is 7.68. The van der Waals surface area contributed by atoms with Crippen molar-refractivity contribution < 1.29 is 14.5 Å². The number of carbonyl (C=O) groups excluding carboxylic acids is 1. The molecule has 1 heterocycles. The molecule has 6 nitrogen and oxygen atoms in total. The van der Waals surface area contributed by atoms with Gasteiger partial charge in [0.1, 0.15) is 5.75 Å². The molecule has 0 radical (unpaired) electrons. The van der Waals surface area contributed by atoms with E-state index in [2.05, 4.69) is 24.3 Å². The summed E-state index contributed by atoms with van der Waals surface area (Å²) in [4.78, 5) is 24.9. The van der Waals surface area contributed by atoms with Crippen LogP contribution in [-0.4, -0.2) is 28.9 Å². The lowest BCUT2D eigenvalue weighted by Crippen LogP contribution is -2.34. The highest BCUT2D eigenvalue weighted by Crippen LogP contribution is 2.36. The molecule has 1 atom stereocenters. The third kappa shape index (κ3) is 3.53. The molecule has 1 amide bonds. The molecule has 0 spiro atoms. The fourth-order valence-corrected chi connectivity index (χ4v) is 3.82. The van der Waals surface area contributed by atoms with E-state index in [-0.39, 0.29) is 24.2 Å². The highest BCUT2D eigenvalue weighted by molar-refractivity contribution is 5.87. The fraction of sp³-hybridized carbons (Fsp3) is 0.227. The van der Waals surface area contributed by atoms with Gasteiger partial charge in [0.2, 0.25) is 0 Å². The number of nitro groups is 1. The summed E-state index contributed by atoms with van der Waals surface area (Å²) in [6.07, 6.45) is 1.88. The number of rotatable bonds is 5. The molecule has 1 aliphatic rings. The van der Waals surface area contributed by atoms with Gasteiger partial charge in [-0.3, -0.25) is 14.9 Å². The number of likely N-dealkylation sites (tertiary alicyclic amines) is 1. The van der Waals surface area contributed by atoms with Crippen LogP contribution in [0, 0.1) is 10.1 Å². The van der Waals surface area contributed by atoms with Crippen molar-refractivity contribution in [3.05, 3.63) is 82.4 Å². The van der Waals surface area contributed by atoms with Crippen molar-refractivity contribution in [2.45, 2.75) is 18.9 Å². The molecule has 0 aliphatic carbocycles. The van der Waals surface area contributed by atoms with Crippen molar-refractivity contribution in [2.75, 3.05) is 13.2 Å². The molecule has 6 heteroatoms. The Morgan fingerprint density at radius 1 is 1.07 bits per heavy atom. The second-order valence-electron chi connectivity index (χ2n) is 6.85. The number of amides is 1. The number of non-ortho nitro benzene ring substituents is 1. The van der Waals surface area contributed by atoms with Crippen LogP contribution < -0.4 is 4.74 Å². The second-order valence-corrected chi connectivity index (χ2v) is 6.85. The summed E-state index contributed by atoms with van der Waals surface area (Å²) >= 11 is 0. The lowest BCUT2D eigenvalue weighted by atomic mass is 9.97. The van der Waals surface area contributed by atoms with Gasteiger partial charge in [-0.1, -0.05) is 42.5 Å². The van der Waals surface area contributed by atoms with Crippen LogP contribution in [0.1, 0.15) is 24.4 Å². The average Bonchev–Trinajstić information content (AvgIpc) is 3.21. The molecular weight excluding hydrogens is 356 g/mol. The zero-order valence-electron chi connectivity index (χ0n) is 15.3. The lowest BCUT2D eigenvalue weighted by Gasteiger charge is -2.26. The van der Waals surface area contributed by atoms with Crippen molar-refractivity contribution in [3.8, 4) is 5.75 Å². The van der Waals surface area contributed by atoms with Gasteiger partial charge in [0.25, 0.3) is 11.6 Å². The van der Waals surface area contributed by atoms with Gasteiger partial charge in [0, 0.05) is 18.7 Å². The van der Waals surface area contributed by atoms with Gasteiger partial charge < -0.3 is 9.64 Å². The smallest absolute Gasteiger partial charge is 0.269 e. The molecule has 1 unspecified atom stereocenters. The third-order valence-electron chi connectivity index (χ3n) is 5.17. The lowest BCUT2D eigenvalue weighted by molar-refractivity contribution is -0.384. The molecule has 0 N–H and O–H groups in total. The van der Waals surface area contributed by atoms with Crippen LogP contribution in [0.3, 0.4) is 0 Å². The predicted octanol–water partition coefficient (Wildman–Crippen LogP) is 4.49. The maximum Gasteiger partial charge on any atom is 0.269 e. The maximum atomic E-state index is 12.8. The largest absolute Gasteiger partial charge is 0.484 e. The number of benzene rings is 3. The van der Waals surface area contributed by atoms with E-state index in [1.165, 1.54) is 40.6 Å². The Morgan fingerprint density at radius 2 is 1.82 bits per heavy atom. The van der Waals surface area contributed by atoms with Crippen molar-refractivity contribution in [1.82, 2.24) is 4.90 Å². The minimum absolute atomic E-state index is 0.00533. The molecule has 3 aromatic rings. The first-order valence-corrected chi connectivity index (χ1v) is 9.28. The monoisotopic (exact) mass is 376 g/mol. The predicted molar refractivity (Wildman–Crippen MR) is 106 cm³/mol. The normalized spacial score (nSPS) is 16.3. The maximum absolute atomic E-state index is 12.8. The molecule has 28 heavy (non-hydrogen) atoms. The van der Waals surface area contributed by atoms with E-state index < -0.39 is 4.92 Å². The summed E-state index contributed by atoms with van der Waals surface area (Å²) in [5, 5.41) is 13.1. The van der Waals surface area contributed by atoms with Gasteiger partial charge in [0.05, 0.1) is 11.0 Å². The van der Waals surface area contributed by atoms with Crippen molar-refractivity contribution in [1.29, 1.82) is 0 Å². The van der Waals surface area contributed by atoms with Crippen LogP contribution in [-0.2, 0) is 4.79 Å². The van der Waals surface area contributed by atoms with Crippen molar-refractivity contribution >= 4 is 22.4 Å². The van der Waals surface area contributed by atoms with E-state index >= 15 is 0 Å². The van der Waals surface area contributed by atoms with Gasteiger partial charge in [-0.2, -0.15) is 0 Å². The van der Waals surface area contributed by atoms with E-state index in [0.717, 1.165) is 12.8 Å². The minimum Gasteiger partial charge on any atom is -0.484 e. The Bertz CT molecular complexity index is 1010. The van der Waals surface area contributed by atoms with Gasteiger partial charge >= 0.3 is 0 Å². The number of nitrogens with zero attached hydrogens (tertiary/aromatic N) is 2. The molecule has 142 valence electrons. The third-order valence-corrected chi connectivity index (χ3v) is 5.17. The number of ether oxygens (including phenoxy) is 1. The van der Waals surface area contributed by atoms with Gasteiger partial charge in [-0.15, -0.1) is 0 Å². The first kappa shape index (κ1) is 18.0. The SMILES string of the molecule is O=C(COc1ccc([N+](=O)[O-])cc1)N1CCCC1c1cccc2ccccc12. The van der Waals surface area contributed by atoms with Crippen LogP contribution in [0.5, 0.6) is 5.75 Å². The fourth-order valence-electron chi connectivity index (χ4n) is 3.82. The first-order chi connectivity index (χ1) is 13.6. The molecule has 0 aromatic heterocycles. The Labute approximate surface area is 162 Å². The van der Waals surface area contributed by atoms with E-state index in [4.69, 9.17) is 4.74 Å². The topological polar surface area (TPSA) is 72.7 Å². The summed E-state index contributed by atoms with van der Waals surface area (Å²) in [6, 6.07) is 20.2. The number of hydrogen-bond acceptors (Lipinski definition) is 4. The molecule has 4 rings (SSSR count). The Morgan fingerprint density at radius 3 is 2.61 bits per heavy atom. The van der Waals surface area contributed by atoms with E-state index in [9.17, 15) is 14.9 Å². The summed E-state index contributed by atoms with van der Waals surface area (Å²) in [5.74, 6) is 0.369. The standard InChI is InChI=1S/C22H20N2O4/c25-22(15-28-18-12-10-17(11-13-18)24(26)27)23-14-4-9-21(23)20-8-3-6-16-5-1-2-7-19(16)20/h1-3,5-8,10-13,21H,4,9,14-15H2. The van der Waals surface area contributed by atoms with E-state index in [0.29, 0.717) is 12.3 Å². The van der Waals surface area contributed by atoms with Crippen molar-refractivity contribution in [2.24, 2.45) is 0 Å². The van der Waals surface area contributed by atoms with Crippen molar-refractivity contribution in [3.63, 3.8) is 0 Å². The minimum atomic E-state index is -0.464. The summed E-state index contributed by atoms with van der Waals surface area (Å²) in [7, 11) is 0. The average molecular weight is 376 g/mol. The summed E-state index contributed by atoms with van der Waals surface area (Å²) in [6.45, 7) is 0.620. The molecule has 0 bridgehead atoms.